The Kier molecular flexibility index (Phi) is 5.35. The fraction of sp³-hybridized carbons (Fsp3) is 0.692. The first kappa shape index (κ1) is 15.5. The van der Waals surface area contributed by atoms with Crippen molar-refractivity contribution in [3.63, 3.8) is 0 Å². The van der Waals surface area contributed by atoms with Crippen LogP contribution in [0.15, 0.2) is 0 Å². The van der Waals surface area contributed by atoms with E-state index in [1.807, 2.05) is 27.7 Å². The molecule has 0 radical (unpaired) electrons. The van der Waals surface area contributed by atoms with Gasteiger partial charge in [-0.3, -0.25) is 9.48 Å². The van der Waals surface area contributed by atoms with Crippen LogP contribution in [0.4, 0.5) is 5.69 Å². The molecule has 1 aromatic heterocycles. The van der Waals surface area contributed by atoms with E-state index in [0.29, 0.717) is 18.7 Å². The van der Waals surface area contributed by atoms with Gasteiger partial charge in [0.2, 0.25) is 5.91 Å². The van der Waals surface area contributed by atoms with Gasteiger partial charge in [0.15, 0.2) is 0 Å². The highest BCUT2D eigenvalue weighted by Gasteiger charge is 2.19. The molecule has 19 heavy (non-hydrogen) atoms. The van der Waals surface area contributed by atoms with Gasteiger partial charge in [-0.25, -0.2) is 0 Å². The van der Waals surface area contributed by atoms with Gasteiger partial charge in [0, 0.05) is 19.2 Å². The summed E-state index contributed by atoms with van der Waals surface area (Å²) in [4.78, 5) is 14.0. The first-order valence-electron chi connectivity index (χ1n) is 6.58. The van der Waals surface area contributed by atoms with E-state index in [0.717, 1.165) is 11.4 Å². The summed E-state index contributed by atoms with van der Waals surface area (Å²) in [5.41, 5.74) is 8.05. The van der Waals surface area contributed by atoms with Gasteiger partial charge in [-0.2, -0.15) is 5.10 Å². The number of hydrogen-bond donors (Lipinski definition) is 2. The van der Waals surface area contributed by atoms with Crippen LogP contribution in [0.5, 0.6) is 0 Å². The molecule has 6 heteroatoms. The molecule has 0 aliphatic rings. The summed E-state index contributed by atoms with van der Waals surface area (Å²) in [6.07, 6.45) is 0.586. The summed E-state index contributed by atoms with van der Waals surface area (Å²) in [6.45, 7) is 8.44. The highest BCUT2D eigenvalue weighted by Crippen LogP contribution is 2.15. The monoisotopic (exact) mass is 268 g/mol. The van der Waals surface area contributed by atoms with Gasteiger partial charge in [-0.1, -0.05) is 0 Å². The first-order chi connectivity index (χ1) is 8.88. The number of nitrogens with zero attached hydrogens (tertiary/aromatic N) is 3. The molecule has 0 fully saturated rings. The summed E-state index contributed by atoms with van der Waals surface area (Å²) in [5.74, 6) is -0.00551. The highest BCUT2D eigenvalue weighted by molar-refractivity contribution is 5.76. The first-order valence-corrected chi connectivity index (χ1v) is 6.58. The number of rotatable bonds is 6. The van der Waals surface area contributed by atoms with Crippen molar-refractivity contribution in [2.24, 2.45) is 0 Å². The van der Waals surface area contributed by atoms with Crippen LogP contribution in [-0.4, -0.2) is 44.9 Å². The molecule has 0 saturated heterocycles. The Morgan fingerprint density at radius 2 is 2.11 bits per heavy atom. The Balaban J connectivity index is 2.78. The van der Waals surface area contributed by atoms with Gasteiger partial charge < -0.3 is 15.7 Å². The number of carbonyl (C=O) groups is 1. The summed E-state index contributed by atoms with van der Waals surface area (Å²) in [7, 11) is 0. The summed E-state index contributed by atoms with van der Waals surface area (Å²) >= 11 is 0. The van der Waals surface area contributed by atoms with Crippen LogP contribution in [0, 0.1) is 13.8 Å². The smallest absolute Gasteiger partial charge is 0.244 e. The molecule has 1 amide bonds. The number of aliphatic hydroxyl groups excluding tert-OH is 1. The Morgan fingerprint density at radius 1 is 1.47 bits per heavy atom. The number of nitrogens with two attached hydrogens (primary N) is 1. The molecule has 1 rings (SSSR count). The molecular formula is C13H24N4O2. The molecule has 0 aliphatic carbocycles. The SMILES string of the molecule is Cc1nn(CC(=O)N(CCCO)C(C)C)c(C)c1N. The number of aromatic nitrogens is 2. The quantitative estimate of drug-likeness (QED) is 0.795. The number of hydrogen-bond acceptors (Lipinski definition) is 4. The number of amides is 1. The van der Waals surface area contributed by atoms with Crippen molar-refractivity contribution in [2.75, 3.05) is 18.9 Å². The third-order valence-electron chi connectivity index (χ3n) is 3.22. The molecule has 0 atom stereocenters. The van der Waals surface area contributed by atoms with Crippen LogP contribution in [-0.2, 0) is 11.3 Å². The Morgan fingerprint density at radius 3 is 2.53 bits per heavy atom. The van der Waals surface area contributed by atoms with Crippen molar-refractivity contribution in [1.82, 2.24) is 14.7 Å². The van der Waals surface area contributed by atoms with E-state index < -0.39 is 0 Å². The average Bonchev–Trinajstić information content (AvgIpc) is 2.57. The third kappa shape index (κ3) is 3.70. The van der Waals surface area contributed by atoms with E-state index >= 15 is 0 Å². The standard InChI is InChI=1S/C13H24N4O2/c1-9(2)16(6-5-7-18)12(19)8-17-11(4)13(14)10(3)15-17/h9,18H,5-8,14H2,1-4H3. The average molecular weight is 268 g/mol. The van der Waals surface area contributed by atoms with Crippen molar-refractivity contribution in [3.05, 3.63) is 11.4 Å². The molecular weight excluding hydrogens is 244 g/mol. The maximum atomic E-state index is 12.3. The minimum absolute atomic E-state index is 0.00551. The van der Waals surface area contributed by atoms with Crippen molar-refractivity contribution in [3.8, 4) is 0 Å². The largest absolute Gasteiger partial charge is 0.396 e. The zero-order chi connectivity index (χ0) is 14.6. The van der Waals surface area contributed by atoms with E-state index in [1.165, 1.54) is 0 Å². The second kappa shape index (κ2) is 6.56. The van der Waals surface area contributed by atoms with Crippen LogP contribution < -0.4 is 5.73 Å². The van der Waals surface area contributed by atoms with Crippen molar-refractivity contribution >= 4 is 11.6 Å². The van der Waals surface area contributed by atoms with Crippen LogP contribution in [0.2, 0.25) is 0 Å². The minimum atomic E-state index is -0.00551. The third-order valence-corrected chi connectivity index (χ3v) is 3.22. The molecule has 1 aromatic rings. The van der Waals surface area contributed by atoms with E-state index in [4.69, 9.17) is 10.8 Å². The molecule has 0 spiro atoms. The molecule has 1 heterocycles. The molecule has 0 aliphatic heterocycles. The maximum Gasteiger partial charge on any atom is 0.244 e. The lowest BCUT2D eigenvalue weighted by molar-refractivity contribution is -0.133. The fourth-order valence-corrected chi connectivity index (χ4v) is 2.00. The summed E-state index contributed by atoms with van der Waals surface area (Å²) in [5, 5.41) is 13.1. The molecule has 3 N–H and O–H groups in total. The lowest BCUT2D eigenvalue weighted by Gasteiger charge is -2.26. The van der Waals surface area contributed by atoms with Crippen molar-refractivity contribution < 1.29 is 9.90 Å². The van der Waals surface area contributed by atoms with E-state index in [-0.39, 0.29) is 25.1 Å². The molecule has 108 valence electrons. The number of aryl methyl sites for hydroxylation is 1. The van der Waals surface area contributed by atoms with Gasteiger partial charge >= 0.3 is 0 Å². The van der Waals surface area contributed by atoms with Gasteiger partial charge in [0.05, 0.1) is 17.1 Å². The molecule has 0 bridgehead atoms. The molecule has 0 unspecified atom stereocenters. The molecule has 0 aromatic carbocycles. The lowest BCUT2D eigenvalue weighted by atomic mass is 10.2. The van der Waals surface area contributed by atoms with E-state index in [1.54, 1.807) is 9.58 Å². The Hall–Kier alpha value is -1.56. The zero-order valence-electron chi connectivity index (χ0n) is 12.2. The second-order valence-corrected chi connectivity index (χ2v) is 5.00. The minimum Gasteiger partial charge on any atom is -0.396 e. The van der Waals surface area contributed by atoms with Crippen LogP contribution in [0.1, 0.15) is 31.7 Å². The number of anilines is 1. The predicted molar refractivity (Wildman–Crippen MR) is 74.7 cm³/mol. The van der Waals surface area contributed by atoms with Crippen molar-refractivity contribution in [1.29, 1.82) is 0 Å². The Labute approximate surface area is 114 Å². The van der Waals surface area contributed by atoms with E-state index in [2.05, 4.69) is 5.10 Å². The number of aliphatic hydroxyl groups is 1. The van der Waals surface area contributed by atoms with E-state index in [9.17, 15) is 4.79 Å². The maximum absolute atomic E-state index is 12.3. The fourth-order valence-electron chi connectivity index (χ4n) is 2.00. The highest BCUT2D eigenvalue weighted by atomic mass is 16.3. The Bertz CT molecular complexity index is 440. The number of nitrogen functional groups attached to an aromatic ring is 1. The number of carbonyl (C=O) groups excluding carboxylic acids is 1. The van der Waals surface area contributed by atoms with Gasteiger partial charge in [-0.05, 0) is 34.1 Å². The summed E-state index contributed by atoms with van der Waals surface area (Å²) < 4.78 is 1.64. The zero-order valence-corrected chi connectivity index (χ0v) is 12.2. The molecule has 0 saturated carbocycles. The van der Waals surface area contributed by atoms with Gasteiger partial charge in [-0.15, -0.1) is 0 Å². The van der Waals surface area contributed by atoms with Gasteiger partial charge in [0.1, 0.15) is 6.54 Å². The van der Waals surface area contributed by atoms with Gasteiger partial charge in [0.25, 0.3) is 0 Å². The second-order valence-electron chi connectivity index (χ2n) is 5.00. The lowest BCUT2D eigenvalue weighted by Crippen LogP contribution is -2.40. The van der Waals surface area contributed by atoms with Crippen molar-refractivity contribution in [2.45, 2.75) is 46.7 Å². The molecule has 6 nitrogen and oxygen atoms in total. The normalized spacial score (nSPS) is 11.1. The predicted octanol–water partition coefficient (Wildman–Crippen LogP) is 0.702. The topological polar surface area (TPSA) is 84.4 Å². The van der Waals surface area contributed by atoms with Crippen LogP contribution >= 0.6 is 0 Å². The summed E-state index contributed by atoms with van der Waals surface area (Å²) in [6, 6.07) is 0.105. The van der Waals surface area contributed by atoms with Crippen LogP contribution in [0.3, 0.4) is 0 Å². The van der Waals surface area contributed by atoms with Crippen LogP contribution in [0.25, 0.3) is 0 Å².